The third-order valence-electron chi connectivity index (χ3n) is 2.71. The first kappa shape index (κ1) is 8.65. The molecule has 1 N–H and O–H groups in total. The lowest BCUT2D eigenvalue weighted by Crippen LogP contribution is -1.83. The Morgan fingerprint density at radius 1 is 1.33 bits per heavy atom. The quantitative estimate of drug-likeness (QED) is 0.796. The van der Waals surface area contributed by atoms with Gasteiger partial charge in [-0.3, -0.25) is 0 Å². The normalized spacial score (nSPS) is 15.5. The van der Waals surface area contributed by atoms with Gasteiger partial charge in [0.25, 0.3) is 0 Å². The van der Waals surface area contributed by atoms with Crippen molar-refractivity contribution in [2.24, 2.45) is 0 Å². The van der Waals surface area contributed by atoms with Crippen LogP contribution in [0.3, 0.4) is 0 Å². The van der Waals surface area contributed by atoms with Crippen LogP contribution in [0.15, 0.2) is 30.5 Å². The highest BCUT2D eigenvalue weighted by Gasteiger charge is 2.25. The Morgan fingerprint density at radius 2 is 2.20 bits per heavy atom. The topological polar surface area (TPSA) is 28.7 Å². The van der Waals surface area contributed by atoms with Gasteiger partial charge in [0, 0.05) is 23.4 Å². The van der Waals surface area contributed by atoms with E-state index < -0.39 is 0 Å². The van der Waals surface area contributed by atoms with Gasteiger partial charge in [-0.25, -0.2) is 9.37 Å². The van der Waals surface area contributed by atoms with Crippen molar-refractivity contribution < 1.29 is 4.39 Å². The summed E-state index contributed by atoms with van der Waals surface area (Å²) in [6, 6.07) is 6.49. The monoisotopic (exact) mass is 202 g/mol. The van der Waals surface area contributed by atoms with Gasteiger partial charge in [-0.05, 0) is 25.0 Å². The summed E-state index contributed by atoms with van der Waals surface area (Å²) in [5.41, 5.74) is 1.98. The Balaban J connectivity index is 1.97. The van der Waals surface area contributed by atoms with Gasteiger partial charge in [0.1, 0.15) is 11.6 Å². The van der Waals surface area contributed by atoms with Crippen LogP contribution in [0.1, 0.15) is 24.5 Å². The van der Waals surface area contributed by atoms with Crippen molar-refractivity contribution in [3.05, 3.63) is 42.0 Å². The SMILES string of the molecule is Fc1cccc(-c2ncc(C3CC3)[nH]2)c1. The number of hydrogen-bond donors (Lipinski definition) is 1. The molecule has 0 amide bonds. The molecule has 1 heterocycles. The second kappa shape index (κ2) is 3.19. The first-order chi connectivity index (χ1) is 7.33. The highest BCUT2D eigenvalue weighted by atomic mass is 19.1. The number of imidazole rings is 1. The maximum absolute atomic E-state index is 13.0. The number of halogens is 1. The van der Waals surface area contributed by atoms with E-state index in [-0.39, 0.29) is 5.82 Å². The van der Waals surface area contributed by atoms with Gasteiger partial charge < -0.3 is 4.98 Å². The highest BCUT2D eigenvalue weighted by molar-refractivity contribution is 5.55. The third-order valence-corrected chi connectivity index (χ3v) is 2.71. The number of nitrogens with one attached hydrogen (secondary N) is 1. The summed E-state index contributed by atoms with van der Waals surface area (Å²) < 4.78 is 13.0. The summed E-state index contributed by atoms with van der Waals surface area (Å²) in [4.78, 5) is 7.51. The number of H-pyrrole nitrogens is 1. The Kier molecular flexibility index (Phi) is 1.84. The van der Waals surface area contributed by atoms with Crippen molar-refractivity contribution >= 4 is 0 Å². The number of benzene rings is 1. The van der Waals surface area contributed by atoms with Crippen LogP contribution in [0, 0.1) is 5.82 Å². The maximum Gasteiger partial charge on any atom is 0.137 e. The molecule has 2 aromatic rings. The number of rotatable bonds is 2. The molecule has 1 fully saturated rings. The van der Waals surface area contributed by atoms with E-state index in [9.17, 15) is 4.39 Å². The first-order valence-corrected chi connectivity index (χ1v) is 5.14. The summed E-state index contributed by atoms with van der Waals surface area (Å²) in [6.45, 7) is 0. The van der Waals surface area contributed by atoms with Crippen molar-refractivity contribution in [2.75, 3.05) is 0 Å². The zero-order valence-corrected chi connectivity index (χ0v) is 8.20. The predicted molar refractivity (Wildman–Crippen MR) is 56.0 cm³/mol. The van der Waals surface area contributed by atoms with Crippen LogP contribution in [0.4, 0.5) is 4.39 Å². The van der Waals surface area contributed by atoms with Gasteiger partial charge >= 0.3 is 0 Å². The van der Waals surface area contributed by atoms with Gasteiger partial charge in [-0.1, -0.05) is 12.1 Å². The molecular weight excluding hydrogens is 191 g/mol. The molecule has 0 saturated heterocycles. The van der Waals surface area contributed by atoms with Crippen LogP contribution in [-0.4, -0.2) is 9.97 Å². The molecule has 1 saturated carbocycles. The minimum absolute atomic E-state index is 0.225. The molecule has 15 heavy (non-hydrogen) atoms. The van der Waals surface area contributed by atoms with Gasteiger partial charge in [0.15, 0.2) is 0 Å². The van der Waals surface area contributed by atoms with Crippen LogP contribution in [0.2, 0.25) is 0 Å². The van der Waals surface area contributed by atoms with E-state index in [2.05, 4.69) is 9.97 Å². The first-order valence-electron chi connectivity index (χ1n) is 5.14. The van der Waals surface area contributed by atoms with E-state index in [0.717, 1.165) is 11.4 Å². The molecule has 3 rings (SSSR count). The molecule has 0 spiro atoms. The smallest absolute Gasteiger partial charge is 0.137 e. The average molecular weight is 202 g/mol. The molecule has 2 nitrogen and oxygen atoms in total. The molecule has 1 aromatic heterocycles. The molecule has 76 valence electrons. The summed E-state index contributed by atoms with van der Waals surface area (Å²) >= 11 is 0. The number of aromatic nitrogens is 2. The average Bonchev–Trinajstić information content (AvgIpc) is 2.97. The van der Waals surface area contributed by atoms with Gasteiger partial charge in [-0.15, -0.1) is 0 Å². The second-order valence-corrected chi connectivity index (χ2v) is 3.97. The lowest BCUT2D eigenvalue weighted by molar-refractivity contribution is 0.628. The second-order valence-electron chi connectivity index (χ2n) is 3.97. The molecule has 0 radical (unpaired) electrons. The highest BCUT2D eigenvalue weighted by Crippen LogP contribution is 2.39. The van der Waals surface area contributed by atoms with E-state index in [1.165, 1.54) is 30.7 Å². The molecular formula is C12H11FN2. The molecule has 1 aromatic carbocycles. The number of hydrogen-bond acceptors (Lipinski definition) is 1. The lowest BCUT2D eigenvalue weighted by Gasteiger charge is -1.96. The zero-order valence-electron chi connectivity index (χ0n) is 8.20. The van der Waals surface area contributed by atoms with Gasteiger partial charge in [0.2, 0.25) is 0 Å². The summed E-state index contributed by atoms with van der Waals surface area (Å²) in [5, 5.41) is 0. The molecule has 0 unspecified atom stereocenters. The molecule has 3 heteroatoms. The van der Waals surface area contributed by atoms with Crippen LogP contribution < -0.4 is 0 Å². The van der Waals surface area contributed by atoms with E-state index >= 15 is 0 Å². The van der Waals surface area contributed by atoms with Crippen molar-refractivity contribution in [2.45, 2.75) is 18.8 Å². The molecule has 0 atom stereocenters. The minimum atomic E-state index is -0.225. The molecule has 1 aliphatic rings. The fourth-order valence-corrected chi connectivity index (χ4v) is 1.72. The lowest BCUT2D eigenvalue weighted by atomic mass is 10.2. The summed E-state index contributed by atoms with van der Waals surface area (Å²) in [6.07, 6.45) is 4.34. The predicted octanol–water partition coefficient (Wildman–Crippen LogP) is 3.09. The van der Waals surface area contributed by atoms with Gasteiger partial charge in [0.05, 0.1) is 0 Å². The Bertz CT molecular complexity index is 486. The van der Waals surface area contributed by atoms with Gasteiger partial charge in [-0.2, -0.15) is 0 Å². The van der Waals surface area contributed by atoms with Crippen LogP contribution >= 0.6 is 0 Å². The van der Waals surface area contributed by atoms with Crippen LogP contribution in [0.5, 0.6) is 0 Å². The van der Waals surface area contributed by atoms with E-state index in [4.69, 9.17) is 0 Å². The van der Waals surface area contributed by atoms with E-state index in [0.29, 0.717) is 5.92 Å². The molecule has 1 aliphatic carbocycles. The van der Waals surface area contributed by atoms with Crippen molar-refractivity contribution in [1.29, 1.82) is 0 Å². The standard InChI is InChI=1S/C12H11FN2/c13-10-3-1-2-9(6-10)12-14-7-11(15-12)8-4-5-8/h1-3,6-8H,4-5H2,(H,14,15). The third kappa shape index (κ3) is 1.65. The maximum atomic E-state index is 13.0. The van der Waals surface area contributed by atoms with Crippen molar-refractivity contribution in [1.82, 2.24) is 9.97 Å². The number of nitrogens with zero attached hydrogens (tertiary/aromatic N) is 1. The van der Waals surface area contributed by atoms with E-state index in [1.807, 2.05) is 12.3 Å². The summed E-state index contributed by atoms with van der Waals surface area (Å²) in [5.74, 6) is 1.19. The fourth-order valence-electron chi connectivity index (χ4n) is 1.72. The summed E-state index contributed by atoms with van der Waals surface area (Å²) in [7, 11) is 0. The van der Waals surface area contributed by atoms with Crippen LogP contribution in [-0.2, 0) is 0 Å². The zero-order chi connectivity index (χ0) is 10.3. The number of aromatic amines is 1. The van der Waals surface area contributed by atoms with Crippen molar-refractivity contribution in [3.8, 4) is 11.4 Å². The fraction of sp³-hybridized carbons (Fsp3) is 0.250. The van der Waals surface area contributed by atoms with E-state index in [1.54, 1.807) is 6.07 Å². The van der Waals surface area contributed by atoms with Crippen LogP contribution in [0.25, 0.3) is 11.4 Å². The Hall–Kier alpha value is -1.64. The minimum Gasteiger partial charge on any atom is -0.342 e. The largest absolute Gasteiger partial charge is 0.342 e. The Labute approximate surface area is 87.2 Å². The Morgan fingerprint density at radius 3 is 2.93 bits per heavy atom. The van der Waals surface area contributed by atoms with Crippen molar-refractivity contribution in [3.63, 3.8) is 0 Å². The molecule has 0 bridgehead atoms. The molecule has 0 aliphatic heterocycles.